The van der Waals surface area contributed by atoms with Gasteiger partial charge in [0.25, 0.3) is 0 Å². The first-order valence-corrected chi connectivity index (χ1v) is 11.8. The Balaban J connectivity index is 1.39. The van der Waals surface area contributed by atoms with Gasteiger partial charge in [-0.3, -0.25) is 4.98 Å². The van der Waals surface area contributed by atoms with Crippen molar-refractivity contribution in [2.24, 2.45) is 0 Å². The van der Waals surface area contributed by atoms with Crippen molar-refractivity contribution < 1.29 is 9.13 Å². The maximum atomic E-state index is 13.9. The largest absolute Gasteiger partial charge is 0.497 e. The van der Waals surface area contributed by atoms with E-state index >= 15 is 0 Å². The molecule has 4 aromatic heterocycles. The molecule has 0 saturated carbocycles. The number of aromatic amines is 1. The van der Waals surface area contributed by atoms with Gasteiger partial charge in [0.1, 0.15) is 11.6 Å². The van der Waals surface area contributed by atoms with E-state index in [0.717, 1.165) is 36.1 Å². The van der Waals surface area contributed by atoms with Gasteiger partial charge in [0.15, 0.2) is 11.5 Å². The summed E-state index contributed by atoms with van der Waals surface area (Å²) in [7, 11) is 1.68. The van der Waals surface area contributed by atoms with Crippen molar-refractivity contribution in [3.05, 3.63) is 65.5 Å². The standard InChI is InChI=1S/C26H26FN7O/c1-14(2)21-13-29-34-25(21)32-24(15-8-16(27)12-28-11-15)33-26(34)30-17-4-7-22-20(9-17)19-6-5-18(35-3)10-23(19)31-22/h5-6,8,10-14,17,31H,4,7,9H2,1-3H3,(H,30,32,33)/t17-/m1/s1. The number of hydrogen-bond acceptors (Lipinski definition) is 6. The van der Waals surface area contributed by atoms with E-state index < -0.39 is 5.82 Å². The summed E-state index contributed by atoms with van der Waals surface area (Å²) in [5.74, 6) is 1.66. The fourth-order valence-corrected chi connectivity index (χ4v) is 4.90. The molecule has 1 aliphatic rings. The second-order valence-electron chi connectivity index (χ2n) is 9.33. The molecule has 0 unspecified atom stereocenters. The predicted octanol–water partition coefficient (Wildman–Crippen LogP) is 4.91. The molecule has 8 nitrogen and oxygen atoms in total. The number of nitrogens with one attached hydrogen (secondary N) is 2. The first-order chi connectivity index (χ1) is 17.0. The number of ether oxygens (including phenoxy) is 1. The number of pyridine rings is 1. The minimum Gasteiger partial charge on any atom is -0.497 e. The number of anilines is 1. The summed E-state index contributed by atoms with van der Waals surface area (Å²) in [4.78, 5) is 17.0. The van der Waals surface area contributed by atoms with Crippen LogP contribution in [0.25, 0.3) is 27.9 Å². The van der Waals surface area contributed by atoms with Crippen molar-refractivity contribution >= 4 is 22.5 Å². The molecule has 9 heteroatoms. The van der Waals surface area contributed by atoms with Crippen LogP contribution < -0.4 is 10.1 Å². The van der Waals surface area contributed by atoms with E-state index in [1.807, 2.05) is 18.3 Å². The molecule has 178 valence electrons. The van der Waals surface area contributed by atoms with Gasteiger partial charge in [-0.1, -0.05) is 13.8 Å². The second kappa shape index (κ2) is 8.33. The lowest BCUT2D eigenvalue weighted by atomic mass is 9.91. The van der Waals surface area contributed by atoms with Crippen LogP contribution in [0.4, 0.5) is 10.3 Å². The van der Waals surface area contributed by atoms with Gasteiger partial charge in [0, 0.05) is 46.0 Å². The van der Waals surface area contributed by atoms with Crippen molar-refractivity contribution in [3.63, 3.8) is 0 Å². The van der Waals surface area contributed by atoms with Crippen LogP contribution in [-0.4, -0.2) is 42.7 Å². The van der Waals surface area contributed by atoms with Crippen LogP contribution >= 0.6 is 0 Å². The Morgan fingerprint density at radius 2 is 2.06 bits per heavy atom. The molecular formula is C26H26FN7O. The summed E-state index contributed by atoms with van der Waals surface area (Å²) in [5.41, 5.74) is 5.93. The molecule has 1 aliphatic carbocycles. The number of benzene rings is 1. The van der Waals surface area contributed by atoms with Gasteiger partial charge in [-0.05, 0) is 48.9 Å². The smallest absolute Gasteiger partial charge is 0.228 e. The zero-order chi connectivity index (χ0) is 24.1. The predicted molar refractivity (Wildman–Crippen MR) is 132 cm³/mol. The van der Waals surface area contributed by atoms with E-state index in [-0.39, 0.29) is 12.0 Å². The second-order valence-corrected chi connectivity index (χ2v) is 9.33. The summed E-state index contributed by atoms with van der Waals surface area (Å²) in [6.07, 6.45) is 7.31. The van der Waals surface area contributed by atoms with Gasteiger partial charge >= 0.3 is 0 Å². The molecular weight excluding hydrogens is 445 g/mol. The SMILES string of the molecule is COc1ccc2c3c([nH]c2c1)CC[C@@H](Nc1nc(-c2cncc(F)c2)nc2c(C(C)C)cnn12)C3. The lowest BCUT2D eigenvalue weighted by molar-refractivity contribution is 0.415. The number of aromatic nitrogens is 6. The number of nitrogens with zero attached hydrogens (tertiary/aromatic N) is 5. The normalized spacial score (nSPS) is 15.6. The Morgan fingerprint density at radius 3 is 2.86 bits per heavy atom. The zero-order valence-corrected chi connectivity index (χ0v) is 19.8. The molecule has 5 aromatic rings. The van der Waals surface area contributed by atoms with E-state index in [9.17, 15) is 4.39 Å². The molecule has 0 spiro atoms. The number of rotatable bonds is 5. The fourth-order valence-electron chi connectivity index (χ4n) is 4.90. The molecule has 0 aliphatic heterocycles. The molecule has 2 N–H and O–H groups in total. The van der Waals surface area contributed by atoms with E-state index in [2.05, 4.69) is 40.3 Å². The van der Waals surface area contributed by atoms with Gasteiger partial charge in [-0.15, -0.1) is 0 Å². The maximum Gasteiger partial charge on any atom is 0.228 e. The lowest BCUT2D eigenvalue weighted by Crippen LogP contribution is -2.29. The molecule has 0 saturated heterocycles. The monoisotopic (exact) mass is 471 g/mol. The summed E-state index contributed by atoms with van der Waals surface area (Å²) >= 11 is 0. The number of halogens is 1. The number of hydrogen-bond donors (Lipinski definition) is 2. The van der Waals surface area contributed by atoms with Crippen LogP contribution in [0.1, 0.15) is 43.0 Å². The first-order valence-electron chi connectivity index (χ1n) is 11.8. The minimum absolute atomic E-state index is 0.159. The van der Waals surface area contributed by atoms with E-state index in [1.54, 1.807) is 17.8 Å². The molecule has 0 radical (unpaired) electrons. The average molecular weight is 472 g/mol. The van der Waals surface area contributed by atoms with Gasteiger partial charge in [0.05, 0.1) is 19.5 Å². The highest BCUT2D eigenvalue weighted by atomic mass is 19.1. The van der Waals surface area contributed by atoms with Gasteiger partial charge < -0.3 is 15.0 Å². The summed E-state index contributed by atoms with van der Waals surface area (Å²) < 4.78 is 21.0. The highest BCUT2D eigenvalue weighted by Gasteiger charge is 2.25. The number of aryl methyl sites for hydroxylation is 1. The zero-order valence-electron chi connectivity index (χ0n) is 19.8. The third-order valence-corrected chi connectivity index (χ3v) is 6.71. The Morgan fingerprint density at radius 1 is 1.17 bits per heavy atom. The Kier molecular flexibility index (Phi) is 5.12. The number of H-pyrrole nitrogens is 1. The molecule has 1 atom stereocenters. The Bertz CT molecular complexity index is 1550. The first kappa shape index (κ1) is 21.5. The Hall–Kier alpha value is -4.01. The van der Waals surface area contributed by atoms with Crippen LogP contribution in [0.15, 0.2) is 42.9 Å². The van der Waals surface area contributed by atoms with Crippen LogP contribution in [0.5, 0.6) is 5.75 Å². The minimum atomic E-state index is -0.422. The highest BCUT2D eigenvalue weighted by molar-refractivity contribution is 5.86. The summed E-state index contributed by atoms with van der Waals surface area (Å²) in [6, 6.07) is 7.72. The molecule has 4 heterocycles. The quantitative estimate of drug-likeness (QED) is 0.378. The summed E-state index contributed by atoms with van der Waals surface area (Å²) in [6.45, 7) is 4.20. The molecule has 6 rings (SSSR count). The van der Waals surface area contributed by atoms with E-state index in [1.165, 1.54) is 28.9 Å². The van der Waals surface area contributed by atoms with Crippen LogP contribution in [0.3, 0.4) is 0 Å². The molecule has 1 aromatic carbocycles. The Labute approximate surface area is 201 Å². The molecule has 35 heavy (non-hydrogen) atoms. The van der Waals surface area contributed by atoms with Gasteiger partial charge in [-0.25, -0.2) is 9.37 Å². The summed E-state index contributed by atoms with van der Waals surface area (Å²) in [5, 5.41) is 9.41. The highest BCUT2D eigenvalue weighted by Crippen LogP contribution is 2.33. The van der Waals surface area contributed by atoms with Gasteiger partial charge in [-0.2, -0.15) is 14.6 Å². The van der Waals surface area contributed by atoms with Crippen LogP contribution in [0.2, 0.25) is 0 Å². The van der Waals surface area contributed by atoms with Crippen molar-refractivity contribution in [1.82, 2.24) is 29.5 Å². The molecule has 0 amide bonds. The van der Waals surface area contributed by atoms with E-state index in [0.29, 0.717) is 23.0 Å². The third kappa shape index (κ3) is 3.77. The average Bonchev–Trinajstić information content (AvgIpc) is 3.45. The number of methoxy groups -OCH3 is 1. The van der Waals surface area contributed by atoms with Crippen molar-refractivity contribution in [2.75, 3.05) is 12.4 Å². The van der Waals surface area contributed by atoms with Crippen molar-refractivity contribution in [2.45, 2.75) is 45.1 Å². The molecule has 0 fully saturated rings. The maximum absolute atomic E-state index is 13.9. The lowest BCUT2D eigenvalue weighted by Gasteiger charge is -2.24. The van der Waals surface area contributed by atoms with Gasteiger partial charge in [0.2, 0.25) is 5.95 Å². The van der Waals surface area contributed by atoms with Crippen molar-refractivity contribution in [3.8, 4) is 17.1 Å². The topological polar surface area (TPSA) is 93.0 Å². The molecule has 0 bridgehead atoms. The van der Waals surface area contributed by atoms with Crippen LogP contribution in [-0.2, 0) is 12.8 Å². The van der Waals surface area contributed by atoms with E-state index in [4.69, 9.17) is 14.7 Å². The third-order valence-electron chi connectivity index (χ3n) is 6.71. The number of fused-ring (bicyclic) bond motifs is 4. The fraction of sp³-hybridized carbons (Fsp3) is 0.308. The van der Waals surface area contributed by atoms with Crippen molar-refractivity contribution in [1.29, 1.82) is 0 Å². The van der Waals surface area contributed by atoms with Crippen LogP contribution in [0, 0.1) is 5.82 Å².